The summed E-state index contributed by atoms with van der Waals surface area (Å²) in [5, 5.41) is 13.8. The quantitative estimate of drug-likeness (QED) is 0.0245. The lowest BCUT2D eigenvalue weighted by atomic mass is 10.0. The molecule has 0 radical (unpaired) electrons. The zero-order valence-corrected chi connectivity index (χ0v) is 38.3. The monoisotopic (exact) mass is 812 g/mol. The number of hydrogen-bond donors (Lipinski definition) is 3. The summed E-state index contributed by atoms with van der Waals surface area (Å²) in [6, 6.07) is -0.843. The third kappa shape index (κ3) is 40.9. The molecule has 9 heteroatoms. The van der Waals surface area contributed by atoms with Crippen LogP contribution in [-0.4, -0.2) is 73.4 Å². The van der Waals surface area contributed by atoms with Crippen LogP contribution in [0.15, 0.2) is 36.5 Å². The summed E-state index contributed by atoms with van der Waals surface area (Å²) in [6.07, 6.45) is 48.0. The third-order valence-corrected chi connectivity index (χ3v) is 11.3. The minimum atomic E-state index is -4.33. The number of nitrogens with one attached hydrogen (secondary N) is 1. The first-order chi connectivity index (χ1) is 27.0. The minimum Gasteiger partial charge on any atom is -0.387 e. The van der Waals surface area contributed by atoms with E-state index in [0.29, 0.717) is 17.4 Å². The van der Waals surface area contributed by atoms with Gasteiger partial charge in [0.2, 0.25) is 5.91 Å². The number of carbonyl (C=O) groups excluding carboxylic acids is 1. The van der Waals surface area contributed by atoms with Gasteiger partial charge < -0.3 is 19.8 Å². The highest BCUT2D eigenvalue weighted by Gasteiger charge is 2.27. The van der Waals surface area contributed by atoms with Gasteiger partial charge in [-0.15, -0.1) is 0 Å². The summed E-state index contributed by atoms with van der Waals surface area (Å²) in [4.78, 5) is 23.1. The lowest BCUT2D eigenvalue weighted by molar-refractivity contribution is -0.870. The second kappa shape index (κ2) is 39.2. The fourth-order valence-electron chi connectivity index (χ4n) is 6.60. The van der Waals surface area contributed by atoms with Crippen molar-refractivity contribution in [1.82, 2.24) is 5.32 Å². The molecular formula is C47H92N2O6P+. The number of aliphatic hydroxyl groups excluding tert-OH is 1. The van der Waals surface area contributed by atoms with Gasteiger partial charge in [-0.1, -0.05) is 185 Å². The summed E-state index contributed by atoms with van der Waals surface area (Å²) in [6.45, 7) is 4.77. The van der Waals surface area contributed by atoms with Gasteiger partial charge in [0.25, 0.3) is 0 Å². The predicted octanol–water partition coefficient (Wildman–Crippen LogP) is 13.1. The van der Waals surface area contributed by atoms with Crippen molar-refractivity contribution in [2.75, 3.05) is 40.9 Å². The molecule has 3 N–H and O–H groups in total. The molecule has 3 unspecified atom stereocenters. The van der Waals surface area contributed by atoms with Gasteiger partial charge in [-0.2, -0.15) is 0 Å². The van der Waals surface area contributed by atoms with Crippen LogP contribution in [0.2, 0.25) is 0 Å². The van der Waals surface area contributed by atoms with Crippen molar-refractivity contribution in [2.45, 2.75) is 219 Å². The summed E-state index contributed by atoms with van der Waals surface area (Å²) in [7, 11) is 1.57. The number of hydrogen-bond acceptors (Lipinski definition) is 5. The molecule has 0 rings (SSSR count). The fourth-order valence-corrected chi connectivity index (χ4v) is 7.34. The molecule has 8 nitrogen and oxygen atoms in total. The Morgan fingerprint density at radius 3 is 1.46 bits per heavy atom. The number of unbranched alkanes of at least 4 members (excludes halogenated alkanes) is 25. The molecule has 0 heterocycles. The van der Waals surface area contributed by atoms with E-state index in [1.54, 1.807) is 6.08 Å². The van der Waals surface area contributed by atoms with Crippen LogP contribution in [0.1, 0.15) is 206 Å². The summed E-state index contributed by atoms with van der Waals surface area (Å²) in [5.41, 5.74) is 0. The van der Waals surface area contributed by atoms with Crippen molar-refractivity contribution in [1.29, 1.82) is 0 Å². The van der Waals surface area contributed by atoms with Crippen molar-refractivity contribution in [3.63, 3.8) is 0 Å². The van der Waals surface area contributed by atoms with Crippen LogP contribution >= 0.6 is 7.82 Å². The Morgan fingerprint density at radius 2 is 1.02 bits per heavy atom. The molecule has 0 aliphatic rings. The van der Waals surface area contributed by atoms with E-state index in [9.17, 15) is 19.4 Å². The highest BCUT2D eigenvalue weighted by atomic mass is 31.2. The van der Waals surface area contributed by atoms with Gasteiger partial charge in [0.1, 0.15) is 13.2 Å². The number of phosphoric acid groups is 1. The number of likely N-dealkylation sites (N-methyl/N-ethyl adjacent to an activating group) is 1. The highest BCUT2D eigenvalue weighted by Crippen LogP contribution is 2.43. The summed E-state index contributed by atoms with van der Waals surface area (Å²) >= 11 is 0. The lowest BCUT2D eigenvalue weighted by Gasteiger charge is -2.25. The van der Waals surface area contributed by atoms with E-state index in [-0.39, 0.29) is 19.1 Å². The standard InChI is InChI=1S/C47H91N2O6P/c1-6-8-10-12-14-16-17-18-19-20-21-22-23-24-25-26-27-28-29-30-31-33-35-37-39-41-47(51)48-45(44-55-56(52,53)54-43-42-49(3,4)5)46(50)40-38-36-34-32-15-13-11-9-7-2/h17-18,20-21,38,40,45-46,50H,6-16,19,22-37,39,41-44H2,1-5H3,(H-,48,51,52,53)/p+1/b18-17-,21-20-,40-38+. The molecular weight excluding hydrogens is 719 g/mol. The number of allylic oxidation sites excluding steroid dienone is 5. The van der Waals surface area contributed by atoms with Crippen LogP contribution in [0.4, 0.5) is 0 Å². The van der Waals surface area contributed by atoms with E-state index in [0.717, 1.165) is 44.9 Å². The molecule has 1 amide bonds. The Balaban J connectivity index is 4.15. The Bertz CT molecular complexity index is 1010. The number of aliphatic hydroxyl groups is 1. The molecule has 0 aliphatic heterocycles. The van der Waals surface area contributed by atoms with Gasteiger partial charge in [0.15, 0.2) is 0 Å². The second-order valence-electron chi connectivity index (χ2n) is 17.1. The molecule has 0 saturated carbocycles. The second-order valence-corrected chi connectivity index (χ2v) is 18.6. The van der Waals surface area contributed by atoms with Gasteiger partial charge in [0, 0.05) is 6.42 Å². The Morgan fingerprint density at radius 1 is 0.607 bits per heavy atom. The lowest BCUT2D eigenvalue weighted by Crippen LogP contribution is -2.45. The smallest absolute Gasteiger partial charge is 0.387 e. The topological polar surface area (TPSA) is 105 Å². The molecule has 330 valence electrons. The van der Waals surface area contributed by atoms with E-state index < -0.39 is 20.0 Å². The van der Waals surface area contributed by atoms with Gasteiger partial charge in [0.05, 0.1) is 39.9 Å². The zero-order chi connectivity index (χ0) is 41.4. The Hall–Kier alpha value is -1.28. The molecule has 3 atom stereocenters. The van der Waals surface area contributed by atoms with Crippen LogP contribution in [0.5, 0.6) is 0 Å². The van der Waals surface area contributed by atoms with Crippen molar-refractivity contribution >= 4 is 13.7 Å². The van der Waals surface area contributed by atoms with Crippen molar-refractivity contribution in [2.24, 2.45) is 0 Å². The predicted molar refractivity (Wildman–Crippen MR) is 240 cm³/mol. The van der Waals surface area contributed by atoms with Crippen LogP contribution < -0.4 is 5.32 Å². The summed E-state index contributed by atoms with van der Waals surface area (Å²) < 4.78 is 23.5. The normalized spacial score (nSPS) is 14.6. The van der Waals surface area contributed by atoms with Crippen LogP contribution in [0.3, 0.4) is 0 Å². The number of phosphoric ester groups is 1. The maximum absolute atomic E-state index is 12.8. The van der Waals surface area contributed by atoms with Crippen molar-refractivity contribution in [3.8, 4) is 0 Å². The average Bonchev–Trinajstić information content (AvgIpc) is 3.15. The summed E-state index contributed by atoms with van der Waals surface area (Å²) in [5.74, 6) is -0.181. The maximum atomic E-state index is 12.8. The fraction of sp³-hybridized carbons (Fsp3) is 0.851. The Kier molecular flexibility index (Phi) is 38.3. The zero-order valence-electron chi connectivity index (χ0n) is 37.4. The van der Waals surface area contributed by atoms with E-state index in [1.165, 1.54) is 141 Å². The van der Waals surface area contributed by atoms with Crippen molar-refractivity contribution < 1.29 is 32.9 Å². The Labute approximate surface area is 347 Å². The molecule has 0 saturated heterocycles. The molecule has 0 aromatic heterocycles. The maximum Gasteiger partial charge on any atom is 0.472 e. The molecule has 56 heavy (non-hydrogen) atoms. The number of nitrogens with zero attached hydrogens (tertiary/aromatic N) is 1. The number of rotatable bonds is 42. The molecule has 0 spiro atoms. The highest BCUT2D eigenvalue weighted by molar-refractivity contribution is 7.47. The van der Waals surface area contributed by atoms with Crippen LogP contribution in [0.25, 0.3) is 0 Å². The first-order valence-corrected chi connectivity index (χ1v) is 24.9. The third-order valence-electron chi connectivity index (χ3n) is 10.4. The van der Waals surface area contributed by atoms with E-state index >= 15 is 0 Å². The van der Waals surface area contributed by atoms with Gasteiger partial charge in [-0.25, -0.2) is 4.57 Å². The number of carbonyl (C=O) groups is 1. The largest absolute Gasteiger partial charge is 0.472 e. The van der Waals surface area contributed by atoms with Gasteiger partial charge in [-0.3, -0.25) is 13.8 Å². The van der Waals surface area contributed by atoms with E-state index in [1.807, 2.05) is 27.2 Å². The SMILES string of the molecule is CCCCCCC/C=C\C/C=C\CCCCCCCCCCCCCCCC(=O)NC(COP(=O)(O)OCC[N+](C)(C)C)C(O)/C=C/CCCCCCCCC. The van der Waals surface area contributed by atoms with Gasteiger partial charge in [-0.05, 0) is 51.4 Å². The number of quaternary nitrogens is 1. The first-order valence-electron chi connectivity index (χ1n) is 23.4. The molecule has 0 fully saturated rings. The first kappa shape index (κ1) is 54.7. The van der Waals surface area contributed by atoms with Crippen LogP contribution in [0, 0.1) is 0 Å². The minimum absolute atomic E-state index is 0.0613. The average molecular weight is 812 g/mol. The van der Waals surface area contributed by atoms with Gasteiger partial charge >= 0.3 is 7.82 Å². The molecule has 0 bridgehead atoms. The molecule has 0 aromatic rings. The molecule has 0 aliphatic carbocycles. The number of amides is 1. The van der Waals surface area contributed by atoms with Crippen molar-refractivity contribution in [3.05, 3.63) is 36.5 Å². The molecule has 0 aromatic carbocycles. The van der Waals surface area contributed by atoms with E-state index in [2.05, 4.69) is 43.5 Å². The van der Waals surface area contributed by atoms with Crippen LogP contribution in [-0.2, 0) is 18.4 Å². The van der Waals surface area contributed by atoms with E-state index in [4.69, 9.17) is 9.05 Å².